The first-order chi connectivity index (χ1) is 16.6. The van der Waals surface area contributed by atoms with Crippen LogP contribution in [0.25, 0.3) is 0 Å². The molecule has 3 rings (SSSR count). The molecule has 1 heterocycles. The Kier molecular flexibility index (Phi) is 9.67. The van der Waals surface area contributed by atoms with E-state index in [2.05, 4.69) is 10.6 Å². The fourth-order valence-corrected chi connectivity index (χ4v) is 3.20. The summed E-state index contributed by atoms with van der Waals surface area (Å²) in [5.41, 5.74) is 1.20. The van der Waals surface area contributed by atoms with Gasteiger partial charge in [-0.3, -0.25) is 29.6 Å². The Hall–Kier alpha value is -4.26. The zero-order chi connectivity index (χ0) is 25.5. The van der Waals surface area contributed by atoms with Gasteiger partial charge in [0.2, 0.25) is 18.1 Å². The third-order valence-electron chi connectivity index (χ3n) is 4.68. The average Bonchev–Trinajstić information content (AvgIpc) is 3.24. The van der Waals surface area contributed by atoms with E-state index in [-0.39, 0.29) is 48.7 Å². The van der Waals surface area contributed by atoms with Crippen molar-refractivity contribution in [3.8, 4) is 0 Å². The lowest BCUT2D eigenvalue weighted by Crippen LogP contribution is -3.00. The molecule has 12 nitrogen and oxygen atoms in total. The lowest BCUT2D eigenvalue weighted by Gasteiger charge is -2.15. The highest BCUT2D eigenvalue weighted by molar-refractivity contribution is 5.94. The van der Waals surface area contributed by atoms with E-state index in [4.69, 9.17) is 0 Å². The van der Waals surface area contributed by atoms with Crippen LogP contribution in [0.2, 0.25) is 0 Å². The van der Waals surface area contributed by atoms with Crippen molar-refractivity contribution in [2.45, 2.75) is 26.9 Å². The van der Waals surface area contributed by atoms with Crippen LogP contribution in [0.4, 0.5) is 22.7 Å². The van der Waals surface area contributed by atoms with Crippen LogP contribution in [0.3, 0.4) is 0 Å². The fraction of sp³-hybridized carbons (Fsp3) is 0.174. The normalized spacial score (nSPS) is 10.1. The summed E-state index contributed by atoms with van der Waals surface area (Å²) in [4.78, 5) is 47.4. The second kappa shape index (κ2) is 12.4. The molecule has 4 amide bonds. The van der Waals surface area contributed by atoms with Crippen LogP contribution < -0.4 is 37.7 Å². The van der Waals surface area contributed by atoms with Crippen molar-refractivity contribution in [3.63, 3.8) is 0 Å². The van der Waals surface area contributed by atoms with Crippen molar-refractivity contribution in [2.75, 3.05) is 20.8 Å². The molecule has 0 saturated carbocycles. The number of nitrogens with one attached hydrogen (secondary N) is 2. The van der Waals surface area contributed by atoms with E-state index < -0.39 is 11.8 Å². The van der Waals surface area contributed by atoms with Crippen molar-refractivity contribution in [1.82, 2.24) is 4.57 Å². The summed E-state index contributed by atoms with van der Waals surface area (Å²) in [5, 5.41) is 26.6. The number of hydrogen-bond acceptors (Lipinski definition) is 6. The van der Waals surface area contributed by atoms with Gasteiger partial charge in [-0.05, 0) is 36.4 Å². The SMILES string of the molecule is CC(=O)Nc1cccc(N(O)C(=O)Cn2cc[n+](CC(=O)N(O)c3cccc(NC(C)=O)c3)c2)c1.[Cl-]. The molecule has 0 fully saturated rings. The predicted molar refractivity (Wildman–Crippen MR) is 125 cm³/mol. The van der Waals surface area contributed by atoms with Gasteiger partial charge in [-0.1, -0.05) is 12.1 Å². The van der Waals surface area contributed by atoms with Gasteiger partial charge >= 0.3 is 0 Å². The lowest BCUT2D eigenvalue weighted by atomic mass is 10.2. The van der Waals surface area contributed by atoms with E-state index in [1.807, 2.05) is 0 Å². The zero-order valence-corrected chi connectivity index (χ0v) is 20.2. The van der Waals surface area contributed by atoms with Gasteiger partial charge < -0.3 is 23.0 Å². The number of carbonyl (C=O) groups excluding carboxylic acids is 4. The number of rotatable bonds is 8. The number of benzene rings is 2. The summed E-state index contributed by atoms with van der Waals surface area (Å²) >= 11 is 0. The number of aromatic nitrogens is 2. The van der Waals surface area contributed by atoms with Gasteiger partial charge in [0.1, 0.15) is 12.4 Å². The number of anilines is 4. The standard InChI is InChI=1S/C23H24N6O6.ClH/c1-16(30)24-18-5-3-7-20(11-18)28(34)22(32)13-26-9-10-27(15-26)14-23(33)29(35)21-8-4-6-19(12-21)25-17(2)31;/h3-12,15,34-35H,13-14H2,1-2H3,(H-,24,25,30,31);1H. The Morgan fingerprint density at radius 3 is 1.86 bits per heavy atom. The Morgan fingerprint density at radius 1 is 0.861 bits per heavy atom. The van der Waals surface area contributed by atoms with Crippen LogP contribution >= 0.6 is 0 Å². The van der Waals surface area contributed by atoms with Crippen LogP contribution in [0, 0.1) is 0 Å². The van der Waals surface area contributed by atoms with E-state index in [1.165, 1.54) is 66.0 Å². The van der Waals surface area contributed by atoms with Crippen LogP contribution in [-0.2, 0) is 32.3 Å². The lowest BCUT2D eigenvalue weighted by molar-refractivity contribution is -0.683. The number of hydroxylamine groups is 2. The molecule has 13 heteroatoms. The molecule has 0 atom stereocenters. The van der Waals surface area contributed by atoms with Gasteiger partial charge in [-0.25, -0.2) is 9.13 Å². The van der Waals surface area contributed by atoms with Crippen molar-refractivity contribution < 1.29 is 46.6 Å². The average molecular weight is 517 g/mol. The highest BCUT2D eigenvalue weighted by Gasteiger charge is 2.20. The van der Waals surface area contributed by atoms with Crippen molar-refractivity contribution in [1.29, 1.82) is 0 Å². The van der Waals surface area contributed by atoms with Gasteiger partial charge in [-0.15, -0.1) is 0 Å². The molecule has 0 aliphatic carbocycles. The van der Waals surface area contributed by atoms with E-state index in [9.17, 15) is 29.6 Å². The monoisotopic (exact) mass is 516 g/mol. The second-order valence-corrected chi connectivity index (χ2v) is 7.63. The zero-order valence-electron chi connectivity index (χ0n) is 19.5. The van der Waals surface area contributed by atoms with E-state index >= 15 is 0 Å². The highest BCUT2D eigenvalue weighted by atomic mass is 35.5. The Balaban J connectivity index is 0.00000456. The number of amides is 4. The summed E-state index contributed by atoms with van der Waals surface area (Å²) in [6.07, 6.45) is 4.54. The number of imidazole rings is 1. The Morgan fingerprint density at radius 2 is 1.36 bits per heavy atom. The molecular weight excluding hydrogens is 492 g/mol. The molecular formula is C23H25ClN6O6. The quantitative estimate of drug-likeness (QED) is 0.163. The number of halogens is 1. The van der Waals surface area contributed by atoms with Gasteiger partial charge in [-0.2, -0.15) is 10.1 Å². The molecule has 0 spiro atoms. The molecule has 0 aliphatic heterocycles. The Bertz CT molecular complexity index is 1170. The fourth-order valence-electron chi connectivity index (χ4n) is 3.20. The maximum absolute atomic E-state index is 12.5. The molecule has 0 bridgehead atoms. The van der Waals surface area contributed by atoms with Crippen LogP contribution in [0.5, 0.6) is 0 Å². The van der Waals surface area contributed by atoms with Gasteiger partial charge in [0, 0.05) is 25.2 Å². The molecule has 4 N–H and O–H groups in total. The first kappa shape index (κ1) is 28.0. The third kappa shape index (κ3) is 7.63. The molecule has 190 valence electrons. The van der Waals surface area contributed by atoms with Crippen molar-refractivity contribution >= 4 is 46.4 Å². The first-order valence-electron chi connectivity index (χ1n) is 10.5. The number of carbonyl (C=O) groups is 4. The summed E-state index contributed by atoms with van der Waals surface area (Å²) in [5.74, 6) is -1.88. The van der Waals surface area contributed by atoms with Crippen LogP contribution in [0.15, 0.2) is 67.3 Å². The minimum absolute atomic E-state index is 0. The highest BCUT2D eigenvalue weighted by Crippen LogP contribution is 2.19. The summed E-state index contributed by atoms with van der Waals surface area (Å²) < 4.78 is 2.91. The molecule has 0 radical (unpaired) electrons. The number of hydrogen-bond donors (Lipinski definition) is 4. The summed E-state index contributed by atoms with van der Waals surface area (Å²) in [7, 11) is 0. The largest absolute Gasteiger partial charge is 1.00 e. The van der Waals surface area contributed by atoms with Crippen molar-refractivity contribution in [2.24, 2.45) is 0 Å². The minimum atomic E-state index is -0.655. The minimum Gasteiger partial charge on any atom is -1.00 e. The van der Waals surface area contributed by atoms with Crippen LogP contribution in [-0.4, -0.2) is 38.6 Å². The summed E-state index contributed by atoms with van der Waals surface area (Å²) in [6.45, 7) is 2.23. The van der Waals surface area contributed by atoms with Crippen LogP contribution in [0.1, 0.15) is 13.8 Å². The predicted octanol–water partition coefficient (Wildman–Crippen LogP) is -1.46. The molecule has 1 aromatic heterocycles. The Labute approximate surface area is 212 Å². The number of nitrogens with zero attached hydrogens (tertiary/aromatic N) is 4. The van der Waals surface area contributed by atoms with Gasteiger partial charge in [0.15, 0.2) is 13.1 Å². The molecule has 0 unspecified atom stereocenters. The molecule has 0 saturated heterocycles. The van der Waals surface area contributed by atoms with E-state index in [0.29, 0.717) is 21.5 Å². The molecule has 36 heavy (non-hydrogen) atoms. The maximum atomic E-state index is 12.5. The topological polar surface area (TPSA) is 148 Å². The van der Waals surface area contributed by atoms with Gasteiger partial charge in [0.05, 0.1) is 11.4 Å². The van der Waals surface area contributed by atoms with Gasteiger partial charge in [0.25, 0.3) is 11.8 Å². The first-order valence-corrected chi connectivity index (χ1v) is 10.5. The summed E-state index contributed by atoms with van der Waals surface area (Å²) in [6, 6.07) is 12.3. The maximum Gasteiger partial charge on any atom is 0.292 e. The molecule has 2 aromatic carbocycles. The van der Waals surface area contributed by atoms with E-state index in [1.54, 1.807) is 24.3 Å². The molecule has 0 aliphatic rings. The molecule has 3 aromatic rings. The smallest absolute Gasteiger partial charge is 0.292 e. The second-order valence-electron chi connectivity index (χ2n) is 7.63. The van der Waals surface area contributed by atoms with E-state index in [0.717, 1.165) is 0 Å². The van der Waals surface area contributed by atoms with Crippen molar-refractivity contribution in [3.05, 3.63) is 67.3 Å². The third-order valence-corrected chi connectivity index (χ3v) is 4.68.